The lowest BCUT2D eigenvalue weighted by Gasteiger charge is -2.31. The van der Waals surface area contributed by atoms with Gasteiger partial charge in [-0.2, -0.15) is 0 Å². The highest BCUT2D eigenvalue weighted by Gasteiger charge is 2.46. The van der Waals surface area contributed by atoms with Gasteiger partial charge in [0.05, 0.1) is 16.7 Å². The molecule has 1 unspecified atom stereocenters. The maximum atomic E-state index is 13.3. The van der Waals surface area contributed by atoms with E-state index in [-0.39, 0.29) is 39.7 Å². The molecular weight excluding hydrogens is 508 g/mol. The number of phenols is 4. The van der Waals surface area contributed by atoms with Crippen molar-refractivity contribution in [2.75, 3.05) is 36.0 Å². The lowest BCUT2D eigenvalue weighted by molar-refractivity contribution is -0.116. The maximum absolute atomic E-state index is 13.3. The van der Waals surface area contributed by atoms with Crippen LogP contribution in [0.1, 0.15) is 96.1 Å². The van der Waals surface area contributed by atoms with Crippen LogP contribution in [0.15, 0.2) is 30.0 Å². The number of Topliss-reactive ketones (excluding diaryl/α,β-unsaturated/α-hetero) is 1. The molecule has 3 rings (SSSR count). The zero-order chi connectivity index (χ0) is 29.4. The highest BCUT2D eigenvalue weighted by atomic mass is 16.3. The zero-order valence-electron chi connectivity index (χ0n) is 24.4. The fourth-order valence-electron chi connectivity index (χ4n) is 5.24. The summed E-state index contributed by atoms with van der Waals surface area (Å²) in [7, 11) is 0. The molecule has 0 bridgehead atoms. The highest BCUT2D eigenvalue weighted by molar-refractivity contribution is 6.33. The molecule has 2 aromatic rings. The Labute approximate surface area is 238 Å². The van der Waals surface area contributed by atoms with Crippen molar-refractivity contribution in [3.63, 3.8) is 0 Å². The number of hydrogen-bond donors (Lipinski definition) is 5. The highest BCUT2D eigenvalue weighted by Crippen LogP contribution is 2.53. The van der Waals surface area contributed by atoms with Gasteiger partial charge in [-0.15, -0.1) is 0 Å². The van der Waals surface area contributed by atoms with Crippen molar-refractivity contribution < 1.29 is 30.3 Å². The Morgan fingerprint density at radius 1 is 0.600 bits per heavy atom. The Balaban J connectivity index is 1.94. The van der Waals surface area contributed by atoms with Crippen LogP contribution in [0.5, 0.6) is 23.0 Å². The fraction of sp³-hybridized carbons (Fsp3) is 0.531. The van der Waals surface area contributed by atoms with E-state index in [2.05, 4.69) is 37.5 Å². The summed E-state index contributed by atoms with van der Waals surface area (Å²) >= 11 is 0. The monoisotopic (exact) mass is 554 g/mol. The lowest BCUT2D eigenvalue weighted by atomic mass is 9.74. The molecule has 220 valence electrons. The third kappa shape index (κ3) is 6.60. The van der Waals surface area contributed by atoms with E-state index in [1.807, 2.05) is 0 Å². The second-order valence-corrected chi connectivity index (χ2v) is 10.7. The van der Waals surface area contributed by atoms with Gasteiger partial charge < -0.3 is 35.3 Å². The van der Waals surface area contributed by atoms with E-state index in [1.54, 1.807) is 0 Å². The van der Waals surface area contributed by atoms with Crippen molar-refractivity contribution >= 4 is 22.7 Å². The molecule has 0 spiro atoms. The number of carbonyl (C=O) groups is 1. The maximum Gasteiger partial charge on any atom is 0.182 e. The molecule has 0 aliphatic heterocycles. The molecule has 1 aliphatic carbocycles. The zero-order valence-corrected chi connectivity index (χ0v) is 24.4. The minimum Gasteiger partial charge on any atom is -0.510 e. The molecule has 0 heterocycles. The second kappa shape index (κ2) is 14.2. The van der Waals surface area contributed by atoms with Crippen molar-refractivity contribution in [3.8, 4) is 23.0 Å². The summed E-state index contributed by atoms with van der Waals surface area (Å²) in [6.45, 7) is 11.5. The van der Waals surface area contributed by atoms with Crippen LogP contribution in [0, 0.1) is 0 Å². The first-order valence-corrected chi connectivity index (χ1v) is 14.8. The molecule has 0 aromatic heterocycles. The summed E-state index contributed by atoms with van der Waals surface area (Å²) in [6.07, 6.45) is 7.86. The molecule has 8 nitrogen and oxygen atoms in total. The SMILES string of the molecule is CCCCN(CCCC)c1cc(O)c(C2=C(O)C(c3c(O)cc(N(CCCC)CCCC)cc3O)C2=O)c(O)c1. The number of benzene rings is 2. The number of hydrogen-bond acceptors (Lipinski definition) is 8. The lowest BCUT2D eigenvalue weighted by Crippen LogP contribution is -2.29. The van der Waals surface area contributed by atoms with Gasteiger partial charge in [0.15, 0.2) is 5.78 Å². The van der Waals surface area contributed by atoms with Gasteiger partial charge in [0.25, 0.3) is 0 Å². The Morgan fingerprint density at radius 2 is 0.950 bits per heavy atom. The Bertz CT molecular complexity index is 1150. The first kappa shape index (κ1) is 31.0. The summed E-state index contributed by atoms with van der Waals surface area (Å²) in [5, 5.41) is 54.4. The van der Waals surface area contributed by atoms with Gasteiger partial charge in [0, 0.05) is 61.8 Å². The Hall–Kier alpha value is -3.55. The minimum absolute atomic E-state index is 0.0816. The van der Waals surface area contributed by atoms with Gasteiger partial charge in [-0.1, -0.05) is 53.4 Å². The molecule has 1 aliphatic rings. The average Bonchev–Trinajstić information content (AvgIpc) is 2.92. The number of rotatable bonds is 16. The normalized spacial score (nSPS) is 14.9. The fourth-order valence-corrected chi connectivity index (χ4v) is 5.24. The molecule has 0 fully saturated rings. The first-order chi connectivity index (χ1) is 19.2. The van der Waals surface area contributed by atoms with Crippen LogP contribution < -0.4 is 9.80 Å². The number of allylic oxidation sites excluding steroid dienone is 2. The molecule has 2 aromatic carbocycles. The number of ketones is 1. The van der Waals surface area contributed by atoms with Crippen LogP contribution in [-0.4, -0.2) is 57.5 Å². The third-order valence-electron chi connectivity index (χ3n) is 7.64. The Kier molecular flexibility index (Phi) is 11.0. The van der Waals surface area contributed by atoms with Crippen molar-refractivity contribution in [3.05, 3.63) is 41.2 Å². The van der Waals surface area contributed by atoms with Crippen LogP contribution in [0.4, 0.5) is 11.4 Å². The molecule has 5 N–H and O–H groups in total. The number of nitrogens with zero attached hydrogens (tertiary/aromatic N) is 2. The summed E-state index contributed by atoms with van der Waals surface area (Å²) in [5.74, 6) is -3.50. The van der Waals surface area contributed by atoms with E-state index in [0.717, 1.165) is 77.5 Å². The molecule has 8 heteroatoms. The van der Waals surface area contributed by atoms with Crippen molar-refractivity contribution in [1.82, 2.24) is 0 Å². The van der Waals surface area contributed by atoms with Crippen LogP contribution in [-0.2, 0) is 4.79 Å². The quantitative estimate of drug-likeness (QED) is 0.151. The van der Waals surface area contributed by atoms with E-state index >= 15 is 0 Å². The van der Waals surface area contributed by atoms with Crippen LogP contribution in [0.25, 0.3) is 5.57 Å². The van der Waals surface area contributed by atoms with Gasteiger partial charge >= 0.3 is 0 Å². The first-order valence-electron chi connectivity index (χ1n) is 14.8. The average molecular weight is 555 g/mol. The smallest absolute Gasteiger partial charge is 0.182 e. The van der Waals surface area contributed by atoms with Gasteiger partial charge in [-0.25, -0.2) is 0 Å². The molecule has 1 atom stereocenters. The van der Waals surface area contributed by atoms with Crippen LogP contribution in [0.2, 0.25) is 0 Å². The van der Waals surface area contributed by atoms with E-state index < -0.39 is 17.5 Å². The van der Waals surface area contributed by atoms with Gasteiger partial charge in [-0.3, -0.25) is 4.79 Å². The summed E-state index contributed by atoms with van der Waals surface area (Å²) in [6, 6.07) is 6.05. The van der Waals surface area contributed by atoms with Crippen LogP contribution in [0.3, 0.4) is 0 Å². The van der Waals surface area contributed by atoms with Crippen molar-refractivity contribution in [2.24, 2.45) is 0 Å². The Morgan fingerprint density at radius 3 is 1.27 bits per heavy atom. The van der Waals surface area contributed by atoms with E-state index in [4.69, 9.17) is 0 Å². The number of unbranched alkanes of at least 4 members (excludes halogenated alkanes) is 4. The molecule has 40 heavy (non-hydrogen) atoms. The number of phenolic OH excluding ortho intramolecular Hbond substituents is 4. The topological polar surface area (TPSA) is 125 Å². The van der Waals surface area contributed by atoms with Crippen molar-refractivity contribution in [2.45, 2.75) is 85.0 Å². The predicted octanol–water partition coefficient (Wildman–Crippen LogP) is 6.96. The van der Waals surface area contributed by atoms with Gasteiger partial charge in [0.1, 0.15) is 34.7 Å². The van der Waals surface area contributed by atoms with Crippen LogP contribution >= 0.6 is 0 Å². The molecular formula is C32H46N2O6. The van der Waals surface area contributed by atoms with Crippen molar-refractivity contribution in [1.29, 1.82) is 0 Å². The molecule has 0 saturated carbocycles. The standard InChI is InChI=1S/C32H46N2O6/c1-5-9-13-33(14-10-6-2)21-17-23(35)27(24(36)18-21)29-31(39)30(32(29)40)28-25(37)19-22(20-26(28)38)34(15-11-7-3)16-12-8-4/h17-20,29,35-39H,5-16H2,1-4H3. The summed E-state index contributed by atoms with van der Waals surface area (Å²) in [4.78, 5) is 17.5. The number of anilines is 2. The molecule has 0 radical (unpaired) electrons. The number of aromatic hydroxyl groups is 4. The summed E-state index contributed by atoms with van der Waals surface area (Å²) in [5.41, 5.74) is 0.857. The molecule has 0 amide bonds. The minimum atomic E-state index is -1.28. The molecule has 0 saturated heterocycles. The van der Waals surface area contributed by atoms with E-state index in [0.29, 0.717) is 11.4 Å². The third-order valence-corrected chi connectivity index (χ3v) is 7.64. The number of aliphatic hydroxyl groups is 1. The number of carbonyl (C=O) groups excluding carboxylic acids is 1. The number of aliphatic hydroxyl groups excluding tert-OH is 1. The predicted molar refractivity (Wildman–Crippen MR) is 161 cm³/mol. The van der Waals surface area contributed by atoms with Gasteiger partial charge in [0.2, 0.25) is 0 Å². The van der Waals surface area contributed by atoms with E-state index in [9.17, 15) is 30.3 Å². The summed E-state index contributed by atoms with van der Waals surface area (Å²) < 4.78 is 0. The van der Waals surface area contributed by atoms with Gasteiger partial charge in [-0.05, 0) is 25.7 Å². The largest absolute Gasteiger partial charge is 0.510 e. The van der Waals surface area contributed by atoms with E-state index in [1.165, 1.54) is 24.3 Å². The second-order valence-electron chi connectivity index (χ2n) is 10.7.